The van der Waals surface area contributed by atoms with Gasteiger partial charge in [-0.3, -0.25) is 19.7 Å². The number of carbonyl (C=O) groups is 3. The molecule has 118 valence electrons. The molecule has 0 aliphatic carbocycles. The van der Waals surface area contributed by atoms with Crippen LogP contribution in [0.1, 0.15) is 15.9 Å². The van der Waals surface area contributed by atoms with Gasteiger partial charge in [0.15, 0.2) is 0 Å². The van der Waals surface area contributed by atoms with Gasteiger partial charge >= 0.3 is 11.8 Å². The number of amides is 3. The molecular weight excluding hydrogens is 409 g/mol. The number of nitrogen functional groups attached to an aromatic ring is 1. The van der Waals surface area contributed by atoms with Crippen LogP contribution >= 0.6 is 22.6 Å². The van der Waals surface area contributed by atoms with Gasteiger partial charge in [-0.25, -0.2) is 0 Å². The summed E-state index contributed by atoms with van der Waals surface area (Å²) in [5.74, 6) is -2.59. The zero-order chi connectivity index (χ0) is 17.0. The number of halogens is 1. The number of benzene rings is 2. The van der Waals surface area contributed by atoms with Gasteiger partial charge in [-0.15, -0.1) is 0 Å². The third-order valence-electron chi connectivity index (χ3n) is 3.04. The fourth-order valence-corrected chi connectivity index (χ4v) is 2.46. The Labute approximate surface area is 146 Å². The van der Waals surface area contributed by atoms with Crippen molar-refractivity contribution in [1.82, 2.24) is 5.32 Å². The smallest absolute Gasteiger partial charge is 0.316 e. The highest BCUT2D eigenvalue weighted by atomic mass is 127. The van der Waals surface area contributed by atoms with Gasteiger partial charge in [-0.2, -0.15) is 0 Å². The molecule has 7 heteroatoms. The maximum absolute atomic E-state index is 11.9. The van der Waals surface area contributed by atoms with Gasteiger partial charge in [0, 0.05) is 20.5 Å². The Bertz CT molecular complexity index is 773. The number of nitrogens with one attached hydrogen (secondary N) is 2. The number of nitrogens with two attached hydrogens (primary N) is 1. The summed E-state index contributed by atoms with van der Waals surface area (Å²) in [7, 11) is 0. The molecule has 0 radical (unpaired) electrons. The van der Waals surface area contributed by atoms with Crippen molar-refractivity contribution in [2.24, 2.45) is 0 Å². The second-order valence-electron chi connectivity index (χ2n) is 4.82. The van der Waals surface area contributed by atoms with Crippen molar-refractivity contribution in [3.05, 3.63) is 57.2 Å². The van der Waals surface area contributed by atoms with Crippen LogP contribution in [0.5, 0.6) is 0 Å². The van der Waals surface area contributed by atoms with E-state index in [1.165, 1.54) is 24.3 Å². The summed E-state index contributed by atoms with van der Waals surface area (Å²) in [6.45, 7) is 1.81. The molecule has 0 aromatic heterocycles. The molecule has 2 aromatic rings. The number of carbonyl (C=O) groups excluding carboxylic acids is 3. The summed E-state index contributed by atoms with van der Waals surface area (Å²) in [6.07, 6.45) is 0. The molecule has 4 N–H and O–H groups in total. The Hall–Kier alpha value is -2.42. The Morgan fingerprint density at radius 3 is 2.26 bits per heavy atom. The number of hydrogen-bond acceptors (Lipinski definition) is 4. The highest BCUT2D eigenvalue weighted by Crippen LogP contribution is 2.17. The molecule has 0 fully saturated rings. The average molecular weight is 423 g/mol. The number of anilines is 2. The average Bonchev–Trinajstić information content (AvgIpc) is 2.50. The van der Waals surface area contributed by atoms with Gasteiger partial charge < -0.3 is 11.1 Å². The number of hydrogen-bond donors (Lipinski definition) is 3. The molecular formula is C16H14IN3O3. The van der Waals surface area contributed by atoms with Gasteiger partial charge in [0.2, 0.25) is 0 Å². The van der Waals surface area contributed by atoms with Crippen LogP contribution in [-0.4, -0.2) is 17.7 Å². The van der Waals surface area contributed by atoms with E-state index < -0.39 is 17.7 Å². The van der Waals surface area contributed by atoms with Crippen LogP contribution in [0.2, 0.25) is 0 Å². The maximum atomic E-state index is 11.9. The highest BCUT2D eigenvalue weighted by Gasteiger charge is 2.18. The summed E-state index contributed by atoms with van der Waals surface area (Å²) >= 11 is 2.15. The van der Waals surface area contributed by atoms with Gasteiger partial charge in [0.1, 0.15) is 0 Å². The molecule has 0 saturated carbocycles. The van der Waals surface area contributed by atoms with E-state index >= 15 is 0 Å². The molecule has 0 aliphatic heterocycles. The van der Waals surface area contributed by atoms with E-state index in [0.717, 1.165) is 9.13 Å². The Kier molecular flexibility index (Phi) is 5.32. The minimum Gasteiger partial charge on any atom is -0.399 e. The quantitative estimate of drug-likeness (QED) is 0.391. The standard InChI is InChI=1S/C16H14IN3O3/c1-9-8-11(17)4-7-13(9)19-15(22)16(23)20-14(21)10-2-5-12(18)6-3-10/h2-8H,18H2,1H3,(H,19,22)(H,20,21,23). The van der Waals surface area contributed by atoms with Crippen molar-refractivity contribution in [3.8, 4) is 0 Å². The van der Waals surface area contributed by atoms with Crippen molar-refractivity contribution < 1.29 is 14.4 Å². The molecule has 0 spiro atoms. The molecule has 2 rings (SSSR count). The normalized spacial score (nSPS) is 10.0. The lowest BCUT2D eigenvalue weighted by Crippen LogP contribution is -2.39. The topological polar surface area (TPSA) is 101 Å². The number of aryl methyl sites for hydroxylation is 1. The highest BCUT2D eigenvalue weighted by molar-refractivity contribution is 14.1. The summed E-state index contributed by atoms with van der Waals surface area (Å²) in [5, 5.41) is 4.51. The molecule has 6 nitrogen and oxygen atoms in total. The molecule has 0 heterocycles. The summed E-state index contributed by atoms with van der Waals surface area (Å²) in [6, 6.07) is 11.4. The first-order valence-corrected chi connectivity index (χ1v) is 7.73. The monoisotopic (exact) mass is 423 g/mol. The Morgan fingerprint density at radius 2 is 1.65 bits per heavy atom. The fourth-order valence-electron chi connectivity index (χ4n) is 1.81. The van der Waals surface area contributed by atoms with Crippen LogP contribution < -0.4 is 16.4 Å². The Morgan fingerprint density at radius 1 is 1.00 bits per heavy atom. The van der Waals surface area contributed by atoms with Gasteiger partial charge in [-0.05, 0) is 77.5 Å². The summed E-state index contributed by atoms with van der Waals surface area (Å²) < 4.78 is 1.01. The van der Waals surface area contributed by atoms with Gasteiger partial charge in [0.25, 0.3) is 5.91 Å². The van der Waals surface area contributed by atoms with Crippen molar-refractivity contribution in [3.63, 3.8) is 0 Å². The van der Waals surface area contributed by atoms with Crippen LogP contribution in [-0.2, 0) is 9.59 Å². The first kappa shape index (κ1) is 16.9. The lowest BCUT2D eigenvalue weighted by molar-refractivity contribution is -0.135. The molecule has 0 aliphatic rings. The molecule has 0 bridgehead atoms. The van der Waals surface area contributed by atoms with Crippen LogP contribution in [0.15, 0.2) is 42.5 Å². The number of imide groups is 1. The molecule has 23 heavy (non-hydrogen) atoms. The van der Waals surface area contributed by atoms with E-state index in [4.69, 9.17) is 5.73 Å². The van der Waals surface area contributed by atoms with E-state index in [-0.39, 0.29) is 5.56 Å². The molecule has 3 amide bonds. The van der Waals surface area contributed by atoms with E-state index in [0.29, 0.717) is 11.4 Å². The SMILES string of the molecule is Cc1cc(I)ccc1NC(=O)C(=O)NC(=O)c1ccc(N)cc1. The zero-order valence-corrected chi connectivity index (χ0v) is 14.4. The predicted molar refractivity (Wildman–Crippen MR) is 95.9 cm³/mol. The maximum Gasteiger partial charge on any atom is 0.316 e. The number of rotatable bonds is 2. The second-order valence-corrected chi connectivity index (χ2v) is 6.06. The lowest BCUT2D eigenvalue weighted by Gasteiger charge is -2.08. The largest absolute Gasteiger partial charge is 0.399 e. The van der Waals surface area contributed by atoms with E-state index in [2.05, 4.69) is 27.9 Å². The predicted octanol–water partition coefficient (Wildman–Crippen LogP) is 2.08. The van der Waals surface area contributed by atoms with Crippen molar-refractivity contribution in [2.45, 2.75) is 6.92 Å². The second kappa shape index (κ2) is 7.23. The third-order valence-corrected chi connectivity index (χ3v) is 3.71. The fraction of sp³-hybridized carbons (Fsp3) is 0.0625. The molecule has 0 unspecified atom stereocenters. The van der Waals surface area contributed by atoms with E-state index in [1.54, 1.807) is 12.1 Å². The van der Waals surface area contributed by atoms with Crippen molar-refractivity contribution >= 4 is 51.7 Å². The lowest BCUT2D eigenvalue weighted by atomic mass is 10.2. The zero-order valence-electron chi connectivity index (χ0n) is 12.2. The molecule has 0 saturated heterocycles. The van der Waals surface area contributed by atoms with Gasteiger partial charge in [-0.1, -0.05) is 0 Å². The first-order valence-electron chi connectivity index (χ1n) is 6.65. The van der Waals surface area contributed by atoms with Crippen LogP contribution in [0, 0.1) is 10.5 Å². The van der Waals surface area contributed by atoms with Crippen molar-refractivity contribution in [1.29, 1.82) is 0 Å². The van der Waals surface area contributed by atoms with E-state index in [1.807, 2.05) is 18.3 Å². The third kappa shape index (κ3) is 4.52. The minimum atomic E-state index is -1.02. The molecule has 2 aromatic carbocycles. The Balaban J connectivity index is 2.01. The summed E-state index contributed by atoms with van der Waals surface area (Å²) in [5.41, 5.74) is 7.61. The van der Waals surface area contributed by atoms with Crippen LogP contribution in [0.3, 0.4) is 0 Å². The first-order chi connectivity index (χ1) is 10.9. The van der Waals surface area contributed by atoms with Crippen LogP contribution in [0.25, 0.3) is 0 Å². The van der Waals surface area contributed by atoms with Gasteiger partial charge in [0.05, 0.1) is 0 Å². The van der Waals surface area contributed by atoms with Crippen LogP contribution in [0.4, 0.5) is 11.4 Å². The molecule has 0 atom stereocenters. The summed E-state index contributed by atoms with van der Waals surface area (Å²) in [4.78, 5) is 35.6. The van der Waals surface area contributed by atoms with E-state index in [9.17, 15) is 14.4 Å². The van der Waals surface area contributed by atoms with Crippen molar-refractivity contribution in [2.75, 3.05) is 11.1 Å². The minimum absolute atomic E-state index is 0.241.